The number of hydrogen-bond acceptors (Lipinski definition) is 3. The second-order valence-electron chi connectivity index (χ2n) is 5.23. The van der Waals surface area contributed by atoms with E-state index in [0.717, 1.165) is 24.0 Å². The van der Waals surface area contributed by atoms with Crippen LogP contribution >= 0.6 is 0 Å². The van der Waals surface area contributed by atoms with E-state index in [4.69, 9.17) is 10.5 Å². The number of nitrogens with one attached hydrogen (secondary N) is 1. The topological polar surface area (TPSA) is 64.3 Å². The fourth-order valence-electron chi connectivity index (χ4n) is 1.90. The van der Waals surface area contributed by atoms with Crippen LogP contribution < -0.4 is 15.8 Å². The molecule has 20 heavy (non-hydrogen) atoms. The molecule has 0 radical (unpaired) electrons. The minimum Gasteiger partial charge on any atom is -0.481 e. The van der Waals surface area contributed by atoms with Crippen LogP contribution in [0.2, 0.25) is 0 Å². The summed E-state index contributed by atoms with van der Waals surface area (Å²) >= 11 is 0. The van der Waals surface area contributed by atoms with Gasteiger partial charge in [0.1, 0.15) is 5.75 Å². The first-order valence-electron chi connectivity index (χ1n) is 7.26. The molecule has 4 heteroatoms. The third-order valence-electron chi connectivity index (χ3n) is 3.16. The quantitative estimate of drug-likeness (QED) is 0.754. The fourth-order valence-corrected chi connectivity index (χ4v) is 1.90. The molecule has 1 rings (SSSR count). The van der Waals surface area contributed by atoms with E-state index >= 15 is 0 Å². The number of benzene rings is 1. The SMILES string of the molecule is CCCCNC(=O)C(C)Oc1cc(C)ccc1[C@@H](C)N. The second kappa shape index (κ2) is 7.90. The van der Waals surface area contributed by atoms with Gasteiger partial charge < -0.3 is 15.8 Å². The number of ether oxygens (including phenoxy) is 1. The summed E-state index contributed by atoms with van der Waals surface area (Å²) < 4.78 is 5.79. The Labute approximate surface area is 121 Å². The van der Waals surface area contributed by atoms with Crippen LogP contribution in [0.25, 0.3) is 0 Å². The molecule has 0 bridgehead atoms. The average Bonchev–Trinajstić information content (AvgIpc) is 2.38. The molecule has 0 saturated carbocycles. The number of aryl methyl sites for hydroxylation is 1. The minimum atomic E-state index is -0.522. The molecule has 0 aliphatic heterocycles. The molecule has 1 unspecified atom stereocenters. The van der Waals surface area contributed by atoms with Crippen LogP contribution in [0.15, 0.2) is 18.2 Å². The number of hydrogen-bond donors (Lipinski definition) is 2. The van der Waals surface area contributed by atoms with Crippen LogP contribution in [0.5, 0.6) is 5.75 Å². The van der Waals surface area contributed by atoms with E-state index in [-0.39, 0.29) is 11.9 Å². The Morgan fingerprint density at radius 3 is 2.70 bits per heavy atom. The van der Waals surface area contributed by atoms with E-state index in [2.05, 4.69) is 12.2 Å². The minimum absolute atomic E-state index is 0.0874. The van der Waals surface area contributed by atoms with E-state index in [0.29, 0.717) is 12.3 Å². The van der Waals surface area contributed by atoms with Gasteiger partial charge in [-0.3, -0.25) is 4.79 Å². The molecule has 0 heterocycles. The Hall–Kier alpha value is -1.55. The van der Waals surface area contributed by atoms with Crippen LogP contribution in [-0.4, -0.2) is 18.6 Å². The van der Waals surface area contributed by atoms with Crippen LogP contribution in [0.4, 0.5) is 0 Å². The standard InChI is InChI=1S/C16H26N2O2/c1-5-6-9-18-16(19)13(4)20-15-10-11(2)7-8-14(15)12(3)17/h7-8,10,12-13H,5-6,9,17H2,1-4H3,(H,18,19)/t12-,13?/m1/s1. The molecule has 1 aromatic carbocycles. The van der Waals surface area contributed by atoms with Crippen molar-refractivity contribution in [3.8, 4) is 5.75 Å². The van der Waals surface area contributed by atoms with Crippen molar-refractivity contribution in [3.05, 3.63) is 29.3 Å². The number of amides is 1. The van der Waals surface area contributed by atoms with Crippen molar-refractivity contribution in [1.29, 1.82) is 0 Å². The Bertz CT molecular complexity index is 444. The molecule has 0 fully saturated rings. The highest BCUT2D eigenvalue weighted by atomic mass is 16.5. The second-order valence-corrected chi connectivity index (χ2v) is 5.23. The van der Waals surface area contributed by atoms with Gasteiger partial charge >= 0.3 is 0 Å². The van der Waals surface area contributed by atoms with E-state index in [1.165, 1.54) is 0 Å². The van der Waals surface area contributed by atoms with Crippen LogP contribution in [0, 0.1) is 6.92 Å². The van der Waals surface area contributed by atoms with E-state index in [1.54, 1.807) is 6.92 Å². The number of carbonyl (C=O) groups is 1. The molecule has 0 aromatic heterocycles. The maximum Gasteiger partial charge on any atom is 0.260 e. The maximum absolute atomic E-state index is 11.9. The summed E-state index contributed by atoms with van der Waals surface area (Å²) in [4.78, 5) is 11.9. The number of unbranched alkanes of at least 4 members (excludes halogenated alkanes) is 1. The van der Waals surface area contributed by atoms with Crippen molar-refractivity contribution in [2.45, 2.75) is 52.7 Å². The Kier molecular flexibility index (Phi) is 6.52. The van der Waals surface area contributed by atoms with Crippen molar-refractivity contribution in [2.75, 3.05) is 6.54 Å². The average molecular weight is 278 g/mol. The van der Waals surface area contributed by atoms with Gasteiger partial charge in [0.15, 0.2) is 6.10 Å². The summed E-state index contributed by atoms with van der Waals surface area (Å²) in [5, 5.41) is 2.87. The predicted octanol–water partition coefficient (Wildman–Crippen LogP) is 2.70. The van der Waals surface area contributed by atoms with Gasteiger partial charge in [0.05, 0.1) is 0 Å². The molecule has 3 N–H and O–H groups in total. The number of carbonyl (C=O) groups excluding carboxylic acids is 1. The van der Waals surface area contributed by atoms with Crippen molar-refractivity contribution >= 4 is 5.91 Å². The van der Waals surface area contributed by atoms with Crippen LogP contribution in [0.1, 0.15) is 50.8 Å². The molecule has 112 valence electrons. The molecule has 0 saturated heterocycles. The zero-order chi connectivity index (χ0) is 15.1. The van der Waals surface area contributed by atoms with Gasteiger partial charge in [-0.05, 0) is 38.8 Å². The van der Waals surface area contributed by atoms with Crippen molar-refractivity contribution in [1.82, 2.24) is 5.32 Å². The third-order valence-corrected chi connectivity index (χ3v) is 3.16. The number of rotatable bonds is 7. The van der Waals surface area contributed by atoms with Gasteiger partial charge in [-0.2, -0.15) is 0 Å². The lowest BCUT2D eigenvalue weighted by Crippen LogP contribution is -2.37. The summed E-state index contributed by atoms with van der Waals surface area (Å²) in [5.74, 6) is 0.605. The molecular weight excluding hydrogens is 252 g/mol. The van der Waals surface area contributed by atoms with Gasteiger partial charge in [0, 0.05) is 18.2 Å². The van der Waals surface area contributed by atoms with Crippen LogP contribution in [-0.2, 0) is 4.79 Å². The first-order chi connectivity index (χ1) is 9.45. The zero-order valence-electron chi connectivity index (χ0n) is 12.9. The summed E-state index contributed by atoms with van der Waals surface area (Å²) in [6.45, 7) is 8.44. The van der Waals surface area contributed by atoms with Gasteiger partial charge in [-0.15, -0.1) is 0 Å². The largest absolute Gasteiger partial charge is 0.481 e. The van der Waals surface area contributed by atoms with Gasteiger partial charge in [-0.1, -0.05) is 25.5 Å². The summed E-state index contributed by atoms with van der Waals surface area (Å²) in [6, 6.07) is 5.75. The first kappa shape index (κ1) is 16.5. The highest BCUT2D eigenvalue weighted by Gasteiger charge is 2.17. The summed E-state index contributed by atoms with van der Waals surface area (Å²) in [6.07, 6.45) is 1.52. The molecular formula is C16H26N2O2. The van der Waals surface area contributed by atoms with E-state index < -0.39 is 6.10 Å². The Balaban J connectivity index is 2.71. The smallest absolute Gasteiger partial charge is 0.260 e. The first-order valence-corrected chi connectivity index (χ1v) is 7.26. The van der Waals surface area contributed by atoms with Gasteiger partial charge in [-0.25, -0.2) is 0 Å². The summed E-state index contributed by atoms with van der Waals surface area (Å²) in [7, 11) is 0. The lowest BCUT2D eigenvalue weighted by Gasteiger charge is -2.19. The molecule has 0 aliphatic carbocycles. The molecule has 1 amide bonds. The van der Waals surface area contributed by atoms with Gasteiger partial charge in [0.2, 0.25) is 0 Å². The normalized spacial score (nSPS) is 13.7. The number of nitrogens with two attached hydrogens (primary N) is 1. The molecule has 4 nitrogen and oxygen atoms in total. The van der Waals surface area contributed by atoms with Crippen LogP contribution in [0.3, 0.4) is 0 Å². The third kappa shape index (κ3) is 4.85. The highest BCUT2D eigenvalue weighted by Crippen LogP contribution is 2.26. The lowest BCUT2D eigenvalue weighted by atomic mass is 10.1. The fraction of sp³-hybridized carbons (Fsp3) is 0.562. The molecule has 1 aromatic rings. The summed E-state index contributed by atoms with van der Waals surface area (Å²) in [5.41, 5.74) is 7.94. The van der Waals surface area contributed by atoms with Crippen molar-refractivity contribution < 1.29 is 9.53 Å². The maximum atomic E-state index is 11.9. The lowest BCUT2D eigenvalue weighted by molar-refractivity contribution is -0.127. The zero-order valence-corrected chi connectivity index (χ0v) is 12.9. The van der Waals surface area contributed by atoms with Gasteiger partial charge in [0.25, 0.3) is 5.91 Å². The monoisotopic (exact) mass is 278 g/mol. The van der Waals surface area contributed by atoms with Crippen molar-refractivity contribution in [3.63, 3.8) is 0 Å². The Morgan fingerprint density at radius 2 is 2.10 bits per heavy atom. The van der Waals surface area contributed by atoms with E-state index in [9.17, 15) is 4.79 Å². The molecule has 2 atom stereocenters. The predicted molar refractivity (Wildman–Crippen MR) is 81.8 cm³/mol. The highest BCUT2D eigenvalue weighted by molar-refractivity contribution is 5.80. The van der Waals surface area contributed by atoms with Crippen molar-refractivity contribution in [2.24, 2.45) is 5.73 Å². The molecule has 0 spiro atoms. The molecule has 0 aliphatic rings. The van der Waals surface area contributed by atoms with E-state index in [1.807, 2.05) is 32.0 Å². The Morgan fingerprint density at radius 1 is 1.40 bits per heavy atom.